The molecule has 1 amide bonds. The van der Waals surface area contributed by atoms with Crippen molar-refractivity contribution in [1.82, 2.24) is 20.2 Å². The Morgan fingerprint density at radius 3 is 2.77 bits per heavy atom. The van der Waals surface area contributed by atoms with Gasteiger partial charge < -0.3 is 25.3 Å². The van der Waals surface area contributed by atoms with Gasteiger partial charge in [-0.05, 0) is 48.6 Å². The molecule has 1 aliphatic heterocycles. The standard InChI is InChI=1S/C22H23N5O2S/c1-29-18-10-3-2-7-15(18)25-19(28)11-14-27-21(17-9-6-13-24-17)20(26-22(27)30)16-8-4-5-12-23-16/h2-10,12-13,20-21,24H,11,14H2,1H3,(H,25,28)(H,26,30)/t20-,21-/m1/s1. The zero-order valence-electron chi connectivity index (χ0n) is 16.5. The van der Waals surface area contributed by atoms with Gasteiger partial charge in [0.2, 0.25) is 5.91 Å². The van der Waals surface area contributed by atoms with Crippen LogP contribution in [0.25, 0.3) is 0 Å². The number of ether oxygens (including phenoxy) is 1. The average Bonchev–Trinajstić information content (AvgIpc) is 3.41. The SMILES string of the molecule is COc1ccccc1NC(=O)CCN1C(=S)N[C@H](c2ccccn2)[C@H]1c1ccc[nH]1. The number of pyridine rings is 1. The first-order chi connectivity index (χ1) is 14.7. The molecule has 154 valence electrons. The molecule has 2 aromatic heterocycles. The number of methoxy groups -OCH3 is 1. The first-order valence-corrected chi connectivity index (χ1v) is 10.1. The van der Waals surface area contributed by atoms with Crippen molar-refractivity contribution in [2.45, 2.75) is 18.5 Å². The largest absolute Gasteiger partial charge is 0.495 e. The van der Waals surface area contributed by atoms with Crippen molar-refractivity contribution in [3.63, 3.8) is 0 Å². The lowest BCUT2D eigenvalue weighted by Crippen LogP contribution is -2.32. The van der Waals surface area contributed by atoms with Gasteiger partial charge in [-0.25, -0.2) is 0 Å². The van der Waals surface area contributed by atoms with Crippen LogP contribution in [0.2, 0.25) is 0 Å². The summed E-state index contributed by atoms with van der Waals surface area (Å²) < 4.78 is 5.30. The predicted molar refractivity (Wildman–Crippen MR) is 119 cm³/mol. The van der Waals surface area contributed by atoms with E-state index in [4.69, 9.17) is 17.0 Å². The molecule has 3 N–H and O–H groups in total. The molecule has 0 spiro atoms. The number of nitrogens with one attached hydrogen (secondary N) is 3. The Hall–Kier alpha value is -3.39. The molecular weight excluding hydrogens is 398 g/mol. The highest BCUT2D eigenvalue weighted by Gasteiger charge is 2.40. The highest BCUT2D eigenvalue weighted by atomic mass is 32.1. The highest BCUT2D eigenvalue weighted by molar-refractivity contribution is 7.80. The Balaban J connectivity index is 1.49. The van der Waals surface area contributed by atoms with E-state index < -0.39 is 0 Å². The van der Waals surface area contributed by atoms with E-state index in [1.165, 1.54) is 0 Å². The summed E-state index contributed by atoms with van der Waals surface area (Å²) in [5.41, 5.74) is 2.57. The number of carbonyl (C=O) groups excluding carboxylic acids is 1. The molecule has 1 aliphatic rings. The zero-order valence-corrected chi connectivity index (χ0v) is 17.4. The first kappa shape index (κ1) is 19.9. The number of rotatable bonds is 7. The molecule has 0 radical (unpaired) electrons. The number of thiocarbonyl (C=S) groups is 1. The third kappa shape index (κ3) is 4.13. The Labute approximate surface area is 180 Å². The van der Waals surface area contributed by atoms with Gasteiger partial charge >= 0.3 is 0 Å². The van der Waals surface area contributed by atoms with E-state index in [-0.39, 0.29) is 24.4 Å². The van der Waals surface area contributed by atoms with Crippen LogP contribution in [0.1, 0.15) is 29.9 Å². The summed E-state index contributed by atoms with van der Waals surface area (Å²) in [5.74, 6) is 0.525. The molecular formula is C22H23N5O2S. The molecule has 3 aromatic rings. The number of nitrogens with zero attached hydrogens (tertiary/aromatic N) is 2. The number of hydrogen-bond acceptors (Lipinski definition) is 4. The second kappa shape index (κ2) is 8.96. The fourth-order valence-electron chi connectivity index (χ4n) is 3.70. The van der Waals surface area contributed by atoms with E-state index in [2.05, 4.69) is 20.6 Å². The normalized spacial score (nSPS) is 18.2. The van der Waals surface area contributed by atoms with Gasteiger partial charge in [-0.2, -0.15) is 0 Å². The lowest BCUT2D eigenvalue weighted by Gasteiger charge is -2.26. The molecule has 30 heavy (non-hydrogen) atoms. The minimum absolute atomic E-state index is 0.0820. The number of benzene rings is 1. The van der Waals surface area contributed by atoms with E-state index in [0.717, 1.165) is 11.4 Å². The Morgan fingerprint density at radius 2 is 2.03 bits per heavy atom. The summed E-state index contributed by atoms with van der Waals surface area (Å²) in [6, 6.07) is 17.0. The maximum Gasteiger partial charge on any atom is 0.226 e. The second-order valence-corrected chi connectivity index (χ2v) is 7.33. The fraction of sp³-hybridized carbons (Fsp3) is 0.227. The van der Waals surface area contributed by atoms with Gasteiger partial charge in [-0.15, -0.1) is 0 Å². The van der Waals surface area contributed by atoms with Crippen LogP contribution < -0.4 is 15.4 Å². The second-order valence-electron chi connectivity index (χ2n) is 6.94. The minimum Gasteiger partial charge on any atom is -0.495 e. The maximum atomic E-state index is 12.6. The van der Waals surface area contributed by atoms with Crippen LogP contribution in [0.5, 0.6) is 5.75 Å². The molecule has 2 atom stereocenters. The third-order valence-electron chi connectivity index (χ3n) is 5.10. The Bertz CT molecular complexity index is 1010. The number of amides is 1. The van der Waals surface area contributed by atoms with Gasteiger partial charge in [-0.3, -0.25) is 9.78 Å². The van der Waals surface area contributed by atoms with Crippen LogP contribution in [-0.2, 0) is 4.79 Å². The van der Waals surface area contributed by atoms with E-state index in [9.17, 15) is 4.79 Å². The topological polar surface area (TPSA) is 82.3 Å². The van der Waals surface area contributed by atoms with E-state index in [0.29, 0.717) is 23.1 Å². The van der Waals surface area contributed by atoms with E-state index >= 15 is 0 Å². The summed E-state index contributed by atoms with van der Waals surface area (Å²) in [6.07, 6.45) is 3.94. The molecule has 0 bridgehead atoms. The van der Waals surface area contributed by atoms with Crippen molar-refractivity contribution in [2.24, 2.45) is 0 Å². The van der Waals surface area contributed by atoms with Crippen molar-refractivity contribution < 1.29 is 9.53 Å². The van der Waals surface area contributed by atoms with Crippen LogP contribution in [0.4, 0.5) is 5.69 Å². The van der Waals surface area contributed by atoms with Crippen molar-refractivity contribution in [1.29, 1.82) is 0 Å². The number of aromatic nitrogens is 2. The quantitative estimate of drug-likeness (QED) is 0.507. The van der Waals surface area contributed by atoms with Crippen LogP contribution in [-0.4, -0.2) is 39.5 Å². The van der Waals surface area contributed by atoms with Crippen LogP contribution in [0.15, 0.2) is 67.0 Å². The van der Waals surface area contributed by atoms with Crippen molar-refractivity contribution in [3.8, 4) is 5.75 Å². The Morgan fingerprint density at radius 1 is 1.20 bits per heavy atom. The van der Waals surface area contributed by atoms with Crippen molar-refractivity contribution in [2.75, 3.05) is 19.0 Å². The molecule has 0 aliphatic carbocycles. The van der Waals surface area contributed by atoms with E-state index in [1.54, 1.807) is 13.3 Å². The maximum absolute atomic E-state index is 12.6. The lowest BCUT2D eigenvalue weighted by atomic mass is 10.0. The summed E-state index contributed by atoms with van der Waals surface area (Å²) in [4.78, 5) is 22.4. The molecule has 4 rings (SSSR count). The van der Waals surface area contributed by atoms with Crippen molar-refractivity contribution >= 4 is 28.9 Å². The summed E-state index contributed by atoms with van der Waals surface area (Å²) in [5, 5.41) is 6.90. The molecule has 0 saturated carbocycles. The average molecular weight is 422 g/mol. The number of aromatic amines is 1. The van der Waals surface area contributed by atoms with Crippen LogP contribution >= 0.6 is 12.2 Å². The summed E-state index contributed by atoms with van der Waals surface area (Å²) >= 11 is 5.61. The Kier molecular flexibility index (Phi) is 5.94. The van der Waals surface area contributed by atoms with Gasteiger partial charge in [0, 0.05) is 31.1 Å². The third-order valence-corrected chi connectivity index (χ3v) is 5.45. The van der Waals surface area contributed by atoms with E-state index in [1.807, 2.05) is 65.7 Å². The van der Waals surface area contributed by atoms with Gasteiger partial charge in [0.15, 0.2) is 5.11 Å². The summed E-state index contributed by atoms with van der Waals surface area (Å²) in [6.45, 7) is 0.472. The molecule has 0 unspecified atom stereocenters. The summed E-state index contributed by atoms with van der Waals surface area (Å²) in [7, 11) is 1.58. The molecule has 1 fully saturated rings. The van der Waals surface area contributed by atoms with Crippen LogP contribution in [0, 0.1) is 0 Å². The van der Waals surface area contributed by atoms with Gasteiger partial charge in [0.1, 0.15) is 5.75 Å². The molecule has 1 saturated heterocycles. The zero-order chi connectivity index (χ0) is 20.9. The molecule has 3 heterocycles. The fourth-order valence-corrected chi connectivity index (χ4v) is 4.03. The van der Waals surface area contributed by atoms with Crippen LogP contribution in [0.3, 0.4) is 0 Å². The predicted octanol–water partition coefficient (Wildman–Crippen LogP) is 3.42. The molecule has 7 nitrogen and oxygen atoms in total. The molecule has 1 aromatic carbocycles. The van der Waals surface area contributed by atoms with Gasteiger partial charge in [0.25, 0.3) is 0 Å². The lowest BCUT2D eigenvalue weighted by molar-refractivity contribution is -0.116. The van der Waals surface area contributed by atoms with Crippen molar-refractivity contribution in [3.05, 3.63) is 78.4 Å². The molecule has 8 heteroatoms. The number of anilines is 1. The number of para-hydroxylation sites is 2. The number of hydrogen-bond donors (Lipinski definition) is 3. The number of H-pyrrole nitrogens is 1. The highest BCUT2D eigenvalue weighted by Crippen LogP contribution is 2.37. The minimum atomic E-state index is -0.103. The van der Waals surface area contributed by atoms with Gasteiger partial charge in [0.05, 0.1) is 30.6 Å². The number of carbonyl (C=O) groups is 1. The first-order valence-electron chi connectivity index (χ1n) is 9.71. The smallest absolute Gasteiger partial charge is 0.226 e. The monoisotopic (exact) mass is 421 g/mol. The van der Waals surface area contributed by atoms with Gasteiger partial charge in [-0.1, -0.05) is 18.2 Å².